The Labute approximate surface area is 88.0 Å². The van der Waals surface area contributed by atoms with Gasteiger partial charge in [0.25, 0.3) is 0 Å². The second-order valence-corrected chi connectivity index (χ2v) is 3.79. The highest BCUT2D eigenvalue weighted by atomic mass is 16.2. The third-order valence-electron chi connectivity index (χ3n) is 2.13. The molecular weight excluding hydrogens is 174 g/mol. The van der Waals surface area contributed by atoms with Gasteiger partial charge in [-0.2, -0.15) is 0 Å². The van der Waals surface area contributed by atoms with Crippen LogP contribution in [0.2, 0.25) is 0 Å². The third-order valence-corrected chi connectivity index (χ3v) is 2.13. The van der Waals surface area contributed by atoms with E-state index in [9.17, 15) is 4.79 Å². The van der Waals surface area contributed by atoms with Gasteiger partial charge < -0.3 is 4.90 Å². The van der Waals surface area contributed by atoms with E-state index >= 15 is 0 Å². The summed E-state index contributed by atoms with van der Waals surface area (Å²) in [6.07, 6.45) is 10.8. The van der Waals surface area contributed by atoms with Gasteiger partial charge in [0.2, 0.25) is 5.91 Å². The number of hydrogen-bond donors (Lipinski definition) is 0. The monoisotopic (exact) mass is 197 g/mol. The van der Waals surface area contributed by atoms with Gasteiger partial charge in [0.05, 0.1) is 0 Å². The van der Waals surface area contributed by atoms with Crippen LogP contribution >= 0.6 is 0 Å². The van der Waals surface area contributed by atoms with Gasteiger partial charge in [-0.1, -0.05) is 25.5 Å². The molecule has 0 fully saturated rings. The molecule has 0 bridgehead atoms. The van der Waals surface area contributed by atoms with Crippen molar-refractivity contribution >= 4 is 5.91 Å². The molecule has 1 amide bonds. The molecule has 0 atom stereocenters. The zero-order valence-corrected chi connectivity index (χ0v) is 9.75. The molecular formula is C12H23NO. The third kappa shape index (κ3) is 7.84. The summed E-state index contributed by atoms with van der Waals surface area (Å²) in [7, 11) is 3.62. The first-order chi connectivity index (χ1) is 6.68. The highest BCUT2D eigenvalue weighted by Crippen LogP contribution is 2.03. The van der Waals surface area contributed by atoms with Crippen molar-refractivity contribution in [2.45, 2.75) is 45.4 Å². The molecule has 2 heteroatoms. The second-order valence-electron chi connectivity index (χ2n) is 3.79. The maximum absolute atomic E-state index is 11.2. The van der Waals surface area contributed by atoms with Crippen LogP contribution in [0.25, 0.3) is 0 Å². The van der Waals surface area contributed by atoms with E-state index in [-0.39, 0.29) is 5.91 Å². The molecule has 0 aliphatic rings. The topological polar surface area (TPSA) is 20.3 Å². The largest absolute Gasteiger partial charge is 0.349 e. The van der Waals surface area contributed by atoms with Crippen molar-refractivity contribution in [3.63, 3.8) is 0 Å². The molecule has 0 aromatic heterocycles. The Bertz CT molecular complexity index is 173. The highest BCUT2D eigenvalue weighted by molar-refractivity contribution is 5.75. The fourth-order valence-electron chi connectivity index (χ4n) is 1.16. The number of carbonyl (C=O) groups excluding carboxylic acids is 1. The number of allylic oxidation sites excluding steroid dienone is 2. The van der Waals surface area contributed by atoms with Crippen LogP contribution in [0.3, 0.4) is 0 Å². The van der Waals surface area contributed by atoms with Crippen LogP contribution < -0.4 is 0 Å². The normalized spacial score (nSPS) is 10.8. The molecule has 0 N–H and O–H groups in total. The lowest BCUT2D eigenvalue weighted by Crippen LogP contribution is -2.20. The molecule has 2 nitrogen and oxygen atoms in total. The van der Waals surface area contributed by atoms with Gasteiger partial charge in [0, 0.05) is 20.5 Å². The summed E-state index contributed by atoms with van der Waals surface area (Å²) >= 11 is 0. The first kappa shape index (κ1) is 13.2. The van der Waals surface area contributed by atoms with Gasteiger partial charge in [-0.05, 0) is 25.7 Å². The van der Waals surface area contributed by atoms with E-state index < -0.39 is 0 Å². The van der Waals surface area contributed by atoms with Crippen molar-refractivity contribution in [2.24, 2.45) is 0 Å². The summed E-state index contributed by atoms with van der Waals surface area (Å²) in [6.45, 7) is 2.18. The van der Waals surface area contributed by atoms with Crippen molar-refractivity contribution in [3.05, 3.63) is 12.2 Å². The van der Waals surface area contributed by atoms with E-state index in [1.807, 2.05) is 14.1 Å². The summed E-state index contributed by atoms with van der Waals surface area (Å²) in [4.78, 5) is 12.8. The van der Waals surface area contributed by atoms with E-state index in [2.05, 4.69) is 19.1 Å². The molecule has 14 heavy (non-hydrogen) atoms. The number of carbonyl (C=O) groups is 1. The Morgan fingerprint density at radius 2 is 1.79 bits per heavy atom. The lowest BCUT2D eigenvalue weighted by atomic mass is 10.1. The Balaban J connectivity index is 3.25. The summed E-state index contributed by atoms with van der Waals surface area (Å²) < 4.78 is 0. The van der Waals surface area contributed by atoms with Gasteiger partial charge in [0.1, 0.15) is 0 Å². The van der Waals surface area contributed by atoms with Crippen LogP contribution in [-0.4, -0.2) is 24.9 Å². The Hall–Kier alpha value is -0.790. The maximum atomic E-state index is 11.2. The van der Waals surface area contributed by atoms with Crippen molar-refractivity contribution in [3.8, 4) is 0 Å². The fourth-order valence-corrected chi connectivity index (χ4v) is 1.16. The zero-order chi connectivity index (χ0) is 10.8. The molecule has 0 saturated carbocycles. The molecule has 0 saturated heterocycles. The van der Waals surface area contributed by atoms with Gasteiger partial charge in [-0.3, -0.25) is 4.79 Å². The number of hydrogen-bond acceptors (Lipinski definition) is 1. The maximum Gasteiger partial charge on any atom is 0.222 e. The van der Waals surface area contributed by atoms with Crippen molar-refractivity contribution in [1.29, 1.82) is 0 Å². The summed E-state index contributed by atoms with van der Waals surface area (Å²) in [5.74, 6) is 0.238. The highest BCUT2D eigenvalue weighted by Gasteiger charge is 2.01. The number of rotatable bonds is 7. The molecule has 0 aliphatic heterocycles. The summed E-state index contributed by atoms with van der Waals surface area (Å²) in [6, 6.07) is 0. The molecule has 82 valence electrons. The van der Waals surface area contributed by atoms with Crippen molar-refractivity contribution in [2.75, 3.05) is 14.1 Å². The minimum absolute atomic E-state index is 0.238. The summed E-state index contributed by atoms with van der Waals surface area (Å²) in [5.41, 5.74) is 0. The van der Waals surface area contributed by atoms with Gasteiger partial charge in [-0.15, -0.1) is 0 Å². The minimum atomic E-state index is 0.238. The zero-order valence-electron chi connectivity index (χ0n) is 9.75. The Morgan fingerprint density at radius 1 is 1.14 bits per heavy atom. The van der Waals surface area contributed by atoms with Crippen molar-refractivity contribution < 1.29 is 4.79 Å². The molecule has 0 unspecified atom stereocenters. The molecule has 0 aromatic rings. The van der Waals surface area contributed by atoms with Crippen LogP contribution in [-0.2, 0) is 4.79 Å². The Morgan fingerprint density at radius 3 is 2.36 bits per heavy atom. The van der Waals surface area contributed by atoms with E-state index in [0.717, 1.165) is 19.3 Å². The van der Waals surface area contributed by atoms with Crippen molar-refractivity contribution in [1.82, 2.24) is 4.90 Å². The SMILES string of the molecule is CCC/C=C/CCCCC(=O)N(C)C. The Kier molecular flexibility index (Phi) is 8.30. The first-order valence-electron chi connectivity index (χ1n) is 5.53. The van der Waals surface area contributed by atoms with Crippen LogP contribution in [0.5, 0.6) is 0 Å². The number of nitrogens with zero attached hydrogens (tertiary/aromatic N) is 1. The molecule has 0 rings (SSSR count). The smallest absolute Gasteiger partial charge is 0.222 e. The molecule has 0 aromatic carbocycles. The van der Waals surface area contributed by atoms with Crippen LogP contribution in [0.4, 0.5) is 0 Å². The molecule has 0 heterocycles. The van der Waals surface area contributed by atoms with Crippen LogP contribution in [0.15, 0.2) is 12.2 Å². The first-order valence-corrected chi connectivity index (χ1v) is 5.53. The predicted octanol–water partition coefficient (Wildman–Crippen LogP) is 2.99. The van der Waals surface area contributed by atoms with Gasteiger partial charge in [0.15, 0.2) is 0 Å². The lowest BCUT2D eigenvalue weighted by Gasteiger charge is -2.08. The minimum Gasteiger partial charge on any atom is -0.349 e. The van der Waals surface area contributed by atoms with E-state index in [4.69, 9.17) is 0 Å². The average molecular weight is 197 g/mol. The molecule has 0 radical (unpaired) electrons. The quantitative estimate of drug-likeness (QED) is 0.454. The average Bonchev–Trinajstić information content (AvgIpc) is 2.16. The lowest BCUT2D eigenvalue weighted by molar-refractivity contribution is -0.128. The van der Waals surface area contributed by atoms with Gasteiger partial charge >= 0.3 is 0 Å². The predicted molar refractivity (Wildman–Crippen MR) is 61.2 cm³/mol. The van der Waals surface area contributed by atoms with Gasteiger partial charge in [-0.25, -0.2) is 0 Å². The molecule has 0 aliphatic carbocycles. The molecule has 0 spiro atoms. The summed E-state index contributed by atoms with van der Waals surface area (Å²) in [5, 5.41) is 0. The van der Waals surface area contributed by atoms with Crippen LogP contribution in [0.1, 0.15) is 45.4 Å². The van der Waals surface area contributed by atoms with E-state index in [1.54, 1.807) is 4.90 Å². The fraction of sp³-hybridized carbons (Fsp3) is 0.750. The van der Waals surface area contributed by atoms with E-state index in [0.29, 0.717) is 6.42 Å². The van der Waals surface area contributed by atoms with E-state index in [1.165, 1.54) is 12.8 Å². The second kappa shape index (κ2) is 8.79. The standard InChI is InChI=1S/C12H23NO/c1-4-5-6-7-8-9-10-11-12(14)13(2)3/h6-7H,4-5,8-11H2,1-3H3/b7-6+. The number of unbranched alkanes of at least 4 members (excludes halogenated alkanes) is 3. The number of amides is 1. The van der Waals surface area contributed by atoms with Crippen LogP contribution in [0, 0.1) is 0 Å².